The molecule has 1 N–H and O–H groups in total. The maximum Gasteiger partial charge on any atom is 0.246 e. The molecule has 1 aliphatic rings. The number of likely N-dealkylation sites (N-methyl/N-ethyl adjacent to an activating group) is 1. The Hall–Kier alpha value is -3.53. The molecule has 39 heavy (non-hydrogen) atoms. The van der Waals surface area contributed by atoms with E-state index in [-0.39, 0.29) is 5.91 Å². The SMILES string of the molecule is CC(C)N(C)C/C=C/C(=O)N1CCc2c(sc3ncnc(Nc4ccc(OCc5ccccn5)c(Cl)c4)c23)C1. The number of nitrogens with one attached hydrogen (secondary N) is 1. The van der Waals surface area contributed by atoms with E-state index in [0.29, 0.717) is 36.5 Å². The fraction of sp³-hybridized carbons (Fsp3) is 0.310. The van der Waals surface area contributed by atoms with Gasteiger partial charge in [0.2, 0.25) is 5.91 Å². The van der Waals surface area contributed by atoms with Crippen LogP contribution in [0.3, 0.4) is 0 Å². The average molecular weight is 563 g/mol. The number of hydrogen-bond acceptors (Lipinski definition) is 8. The summed E-state index contributed by atoms with van der Waals surface area (Å²) >= 11 is 8.15. The van der Waals surface area contributed by atoms with Crippen molar-refractivity contribution in [3.63, 3.8) is 0 Å². The van der Waals surface area contributed by atoms with Gasteiger partial charge in [0, 0.05) is 42.0 Å². The monoisotopic (exact) mass is 562 g/mol. The normalized spacial score (nSPS) is 13.4. The van der Waals surface area contributed by atoms with Crippen LogP contribution in [0.15, 0.2) is 61.1 Å². The van der Waals surface area contributed by atoms with Crippen LogP contribution in [0, 0.1) is 0 Å². The van der Waals surface area contributed by atoms with E-state index >= 15 is 0 Å². The Morgan fingerprint density at radius 3 is 2.90 bits per heavy atom. The number of benzene rings is 1. The number of pyridine rings is 1. The van der Waals surface area contributed by atoms with E-state index in [9.17, 15) is 4.79 Å². The van der Waals surface area contributed by atoms with Gasteiger partial charge in [-0.2, -0.15) is 0 Å². The summed E-state index contributed by atoms with van der Waals surface area (Å²) in [6, 6.07) is 11.7. The molecule has 4 aromatic rings. The average Bonchev–Trinajstić information content (AvgIpc) is 3.32. The lowest BCUT2D eigenvalue weighted by Gasteiger charge is -2.26. The molecule has 1 aliphatic heterocycles. The van der Waals surface area contributed by atoms with Gasteiger partial charge in [0.05, 0.1) is 22.6 Å². The Kier molecular flexibility index (Phi) is 8.40. The summed E-state index contributed by atoms with van der Waals surface area (Å²) in [6.07, 6.45) is 7.69. The van der Waals surface area contributed by atoms with Crippen LogP contribution in [-0.4, -0.2) is 56.8 Å². The number of carbonyl (C=O) groups excluding carboxylic acids is 1. The van der Waals surface area contributed by atoms with Gasteiger partial charge in [-0.1, -0.05) is 23.7 Å². The summed E-state index contributed by atoms with van der Waals surface area (Å²) in [5.41, 5.74) is 2.83. The number of rotatable bonds is 9. The number of nitrogens with zero attached hydrogens (tertiary/aromatic N) is 5. The lowest BCUT2D eigenvalue weighted by molar-refractivity contribution is -0.126. The van der Waals surface area contributed by atoms with Gasteiger partial charge in [-0.25, -0.2) is 9.97 Å². The highest BCUT2D eigenvalue weighted by Gasteiger charge is 2.25. The number of ether oxygens (including phenoxy) is 1. The van der Waals surface area contributed by atoms with Crippen LogP contribution in [0.2, 0.25) is 5.02 Å². The lowest BCUT2D eigenvalue weighted by Crippen LogP contribution is -2.34. The maximum atomic E-state index is 12.8. The second kappa shape index (κ2) is 12.1. The topological polar surface area (TPSA) is 83.5 Å². The fourth-order valence-electron chi connectivity index (χ4n) is 4.31. The second-order valence-electron chi connectivity index (χ2n) is 9.73. The standard InChI is InChI=1S/C29H31ClN6O2S/c1-19(2)35(3)13-6-8-26(37)36-14-11-22-25(16-36)39-29-27(22)28(32-18-33-29)34-20-9-10-24(23(30)15-20)38-17-21-7-4-5-12-31-21/h4-10,12,15,18-19H,11,13-14,16-17H2,1-3H3,(H,32,33,34)/b8-6+. The Labute approximate surface area is 237 Å². The van der Waals surface area contributed by atoms with Gasteiger partial charge >= 0.3 is 0 Å². The smallest absolute Gasteiger partial charge is 0.246 e. The van der Waals surface area contributed by atoms with Crippen molar-refractivity contribution in [2.75, 3.05) is 25.5 Å². The van der Waals surface area contributed by atoms with E-state index in [1.165, 1.54) is 5.56 Å². The van der Waals surface area contributed by atoms with Crippen molar-refractivity contribution in [3.8, 4) is 5.75 Å². The Morgan fingerprint density at radius 2 is 2.13 bits per heavy atom. The number of anilines is 2. The van der Waals surface area contributed by atoms with Crippen LogP contribution in [0.25, 0.3) is 10.2 Å². The molecule has 0 atom stereocenters. The molecule has 1 amide bonds. The van der Waals surface area contributed by atoms with Gasteiger partial charge in [-0.3, -0.25) is 9.78 Å². The molecule has 3 aromatic heterocycles. The summed E-state index contributed by atoms with van der Waals surface area (Å²) < 4.78 is 5.85. The zero-order chi connectivity index (χ0) is 27.4. The van der Waals surface area contributed by atoms with Gasteiger partial charge in [0.15, 0.2) is 0 Å². The third-order valence-corrected chi connectivity index (χ3v) is 8.20. The molecule has 0 radical (unpaired) electrons. The van der Waals surface area contributed by atoms with Crippen LogP contribution in [0.4, 0.5) is 11.5 Å². The van der Waals surface area contributed by atoms with E-state index in [0.717, 1.165) is 45.3 Å². The predicted octanol–water partition coefficient (Wildman–Crippen LogP) is 5.84. The highest BCUT2D eigenvalue weighted by molar-refractivity contribution is 7.19. The van der Waals surface area contributed by atoms with E-state index in [2.05, 4.69) is 46.1 Å². The molecule has 4 heterocycles. The molecular weight excluding hydrogens is 532 g/mol. The van der Waals surface area contributed by atoms with Gasteiger partial charge in [-0.15, -0.1) is 11.3 Å². The second-order valence-corrected chi connectivity index (χ2v) is 11.2. The number of carbonyl (C=O) groups is 1. The van der Waals surface area contributed by atoms with Gasteiger partial charge in [0.25, 0.3) is 0 Å². The highest BCUT2D eigenvalue weighted by atomic mass is 35.5. The molecule has 8 nitrogen and oxygen atoms in total. The van der Waals surface area contributed by atoms with Crippen molar-refractivity contribution in [1.82, 2.24) is 24.8 Å². The molecule has 0 saturated heterocycles. The fourth-order valence-corrected chi connectivity index (χ4v) is 5.75. The Balaban J connectivity index is 1.29. The first-order valence-electron chi connectivity index (χ1n) is 12.9. The molecule has 0 spiro atoms. The predicted molar refractivity (Wildman–Crippen MR) is 157 cm³/mol. The number of halogens is 1. The molecule has 0 aliphatic carbocycles. The van der Waals surface area contributed by atoms with E-state index in [1.54, 1.807) is 29.9 Å². The minimum absolute atomic E-state index is 0.0414. The minimum atomic E-state index is 0.0414. The summed E-state index contributed by atoms with van der Waals surface area (Å²) in [7, 11) is 2.05. The highest BCUT2D eigenvalue weighted by Crippen LogP contribution is 2.38. The third kappa shape index (κ3) is 6.38. The molecule has 0 saturated carbocycles. The van der Waals surface area contributed by atoms with Crippen LogP contribution < -0.4 is 10.1 Å². The molecule has 0 bridgehead atoms. The number of amides is 1. The molecule has 1 aromatic carbocycles. The van der Waals surface area contributed by atoms with E-state index in [1.807, 2.05) is 47.4 Å². The Bertz CT molecular complexity index is 1490. The van der Waals surface area contributed by atoms with Crippen molar-refractivity contribution in [1.29, 1.82) is 0 Å². The number of aromatic nitrogens is 3. The van der Waals surface area contributed by atoms with Gasteiger partial charge in [0.1, 0.15) is 29.3 Å². The maximum absolute atomic E-state index is 12.8. The first-order valence-corrected chi connectivity index (χ1v) is 14.1. The molecule has 202 valence electrons. The first kappa shape index (κ1) is 27.1. The Morgan fingerprint density at radius 1 is 1.26 bits per heavy atom. The molecule has 0 unspecified atom stereocenters. The van der Waals surface area contributed by atoms with Crippen molar-refractivity contribution in [3.05, 3.63) is 82.2 Å². The molecular formula is C29H31ClN6O2S. The zero-order valence-electron chi connectivity index (χ0n) is 22.2. The van der Waals surface area contributed by atoms with Crippen LogP contribution in [-0.2, 0) is 24.4 Å². The molecule has 0 fully saturated rings. The van der Waals surface area contributed by atoms with Crippen molar-refractivity contribution >= 4 is 50.6 Å². The minimum Gasteiger partial charge on any atom is -0.486 e. The van der Waals surface area contributed by atoms with Crippen molar-refractivity contribution in [2.24, 2.45) is 0 Å². The van der Waals surface area contributed by atoms with Crippen molar-refractivity contribution in [2.45, 2.75) is 39.5 Å². The first-order chi connectivity index (χ1) is 18.9. The molecule has 5 rings (SSSR count). The summed E-state index contributed by atoms with van der Waals surface area (Å²) in [4.78, 5) is 32.3. The summed E-state index contributed by atoms with van der Waals surface area (Å²) in [5.74, 6) is 1.36. The number of thiophene rings is 1. The summed E-state index contributed by atoms with van der Waals surface area (Å²) in [5, 5.41) is 4.91. The van der Waals surface area contributed by atoms with Gasteiger partial charge in [-0.05, 0) is 63.2 Å². The van der Waals surface area contributed by atoms with Crippen LogP contribution >= 0.6 is 22.9 Å². The number of fused-ring (bicyclic) bond motifs is 3. The third-order valence-electron chi connectivity index (χ3n) is 6.78. The van der Waals surface area contributed by atoms with Crippen LogP contribution in [0.1, 0.15) is 30.0 Å². The van der Waals surface area contributed by atoms with Crippen LogP contribution in [0.5, 0.6) is 5.75 Å². The van der Waals surface area contributed by atoms with E-state index in [4.69, 9.17) is 16.3 Å². The van der Waals surface area contributed by atoms with Gasteiger partial charge < -0.3 is 19.9 Å². The lowest BCUT2D eigenvalue weighted by atomic mass is 10.0. The van der Waals surface area contributed by atoms with Crippen molar-refractivity contribution < 1.29 is 9.53 Å². The zero-order valence-corrected chi connectivity index (χ0v) is 23.8. The number of hydrogen-bond donors (Lipinski definition) is 1. The quantitative estimate of drug-likeness (QED) is 0.256. The summed E-state index contributed by atoms with van der Waals surface area (Å²) in [6.45, 7) is 6.59. The molecule has 10 heteroatoms. The largest absolute Gasteiger partial charge is 0.486 e. The van der Waals surface area contributed by atoms with E-state index < -0.39 is 0 Å².